The fraction of sp³-hybridized carbons (Fsp3) is 0.522. The van der Waals surface area contributed by atoms with Gasteiger partial charge < -0.3 is 26.8 Å². The molecule has 11 heteroatoms. The Labute approximate surface area is 197 Å². The lowest BCUT2D eigenvalue weighted by Crippen LogP contribution is -2.57. The van der Waals surface area contributed by atoms with Crippen molar-refractivity contribution >= 4 is 29.6 Å². The van der Waals surface area contributed by atoms with Crippen molar-refractivity contribution in [3.05, 3.63) is 35.6 Å². The normalized spacial score (nSPS) is 14.4. The van der Waals surface area contributed by atoms with E-state index in [4.69, 9.17) is 10.8 Å². The van der Waals surface area contributed by atoms with Gasteiger partial charge in [-0.1, -0.05) is 46.2 Å². The lowest BCUT2D eigenvalue weighted by atomic mass is 9.93. The van der Waals surface area contributed by atoms with Gasteiger partial charge in [0.25, 0.3) is 5.91 Å². The Bertz CT molecular complexity index is 907. The van der Waals surface area contributed by atoms with Crippen LogP contribution in [0.2, 0.25) is 0 Å². The summed E-state index contributed by atoms with van der Waals surface area (Å²) in [5, 5.41) is 15.9. The SMILES string of the molecule is CCC(C)C(NC(=O)C(CC(C)C)NC(=O)O)C(=O)C(=O)NC(Cc1cccc(F)c1)C(N)=O. The van der Waals surface area contributed by atoms with Gasteiger partial charge in [-0.05, 0) is 36.0 Å². The van der Waals surface area contributed by atoms with Gasteiger partial charge in [-0.2, -0.15) is 0 Å². The average Bonchev–Trinajstić information content (AvgIpc) is 2.74. The number of carbonyl (C=O) groups excluding carboxylic acids is 4. The topological polar surface area (TPSA) is 168 Å². The van der Waals surface area contributed by atoms with Crippen LogP contribution in [-0.2, 0) is 25.6 Å². The number of halogens is 1. The Kier molecular flexibility index (Phi) is 11.1. The molecule has 10 nitrogen and oxygen atoms in total. The molecule has 1 rings (SSSR count). The van der Waals surface area contributed by atoms with Crippen molar-refractivity contribution in [3.8, 4) is 0 Å². The number of benzene rings is 1. The minimum Gasteiger partial charge on any atom is -0.465 e. The predicted molar refractivity (Wildman–Crippen MR) is 122 cm³/mol. The van der Waals surface area contributed by atoms with Crippen LogP contribution in [0.25, 0.3) is 0 Å². The monoisotopic (exact) mass is 480 g/mol. The molecule has 6 N–H and O–H groups in total. The quantitative estimate of drug-likeness (QED) is 0.265. The van der Waals surface area contributed by atoms with E-state index in [1.807, 2.05) is 0 Å². The highest BCUT2D eigenvalue weighted by atomic mass is 19.1. The van der Waals surface area contributed by atoms with E-state index < -0.39 is 59.5 Å². The fourth-order valence-corrected chi connectivity index (χ4v) is 3.30. The van der Waals surface area contributed by atoms with Crippen molar-refractivity contribution in [1.29, 1.82) is 0 Å². The van der Waals surface area contributed by atoms with Crippen LogP contribution in [0.4, 0.5) is 9.18 Å². The zero-order valence-corrected chi connectivity index (χ0v) is 19.8. The number of hydrogen-bond acceptors (Lipinski definition) is 5. The van der Waals surface area contributed by atoms with Crippen molar-refractivity contribution in [1.82, 2.24) is 16.0 Å². The van der Waals surface area contributed by atoms with Crippen LogP contribution < -0.4 is 21.7 Å². The van der Waals surface area contributed by atoms with Gasteiger partial charge in [0.2, 0.25) is 17.6 Å². The van der Waals surface area contributed by atoms with Crippen LogP contribution >= 0.6 is 0 Å². The summed E-state index contributed by atoms with van der Waals surface area (Å²) in [6.45, 7) is 7.01. The lowest BCUT2D eigenvalue weighted by molar-refractivity contribution is -0.142. The Morgan fingerprint density at radius 2 is 1.68 bits per heavy atom. The zero-order chi connectivity index (χ0) is 26.0. The van der Waals surface area contributed by atoms with Crippen molar-refractivity contribution in [2.24, 2.45) is 17.6 Å². The third-order valence-electron chi connectivity index (χ3n) is 5.32. The first-order valence-electron chi connectivity index (χ1n) is 11.0. The molecule has 0 aliphatic carbocycles. The van der Waals surface area contributed by atoms with E-state index in [-0.39, 0.29) is 18.8 Å². The standard InChI is InChI=1S/C23H33FN4O6/c1-5-13(4)18(28-21(31)17(9-12(2)3)27-23(33)34)19(29)22(32)26-16(20(25)30)11-14-7-6-8-15(24)10-14/h6-8,10,12-13,16-18,27H,5,9,11H2,1-4H3,(H2,25,30)(H,26,32)(H,28,31)(H,33,34). The number of hydrogen-bond donors (Lipinski definition) is 5. The second-order valence-corrected chi connectivity index (χ2v) is 8.63. The maximum Gasteiger partial charge on any atom is 0.405 e. The number of ketones is 1. The Morgan fingerprint density at radius 1 is 1.03 bits per heavy atom. The summed E-state index contributed by atoms with van der Waals surface area (Å²) >= 11 is 0. The van der Waals surface area contributed by atoms with Gasteiger partial charge in [-0.25, -0.2) is 9.18 Å². The van der Waals surface area contributed by atoms with Crippen LogP contribution in [0.1, 0.15) is 46.1 Å². The Hall–Kier alpha value is -3.50. The molecule has 1 aromatic rings. The van der Waals surface area contributed by atoms with Crippen LogP contribution in [0, 0.1) is 17.7 Å². The number of carboxylic acid groups (broad SMARTS) is 1. The van der Waals surface area contributed by atoms with Gasteiger partial charge in [0, 0.05) is 6.42 Å². The molecule has 0 saturated heterocycles. The van der Waals surface area contributed by atoms with Gasteiger partial charge in [0.1, 0.15) is 17.9 Å². The van der Waals surface area contributed by atoms with Crippen molar-refractivity contribution in [2.45, 2.75) is 65.1 Å². The van der Waals surface area contributed by atoms with Gasteiger partial charge in [0.15, 0.2) is 0 Å². The molecule has 0 aromatic heterocycles. The molecule has 4 unspecified atom stereocenters. The number of rotatable bonds is 13. The molecule has 0 aliphatic heterocycles. The number of Topliss-reactive ketones (excluding diaryl/α,β-unsaturated/α-hetero) is 1. The van der Waals surface area contributed by atoms with Crippen LogP contribution in [0.15, 0.2) is 24.3 Å². The minimum atomic E-state index is -1.40. The number of primary amides is 1. The maximum atomic E-state index is 13.4. The molecule has 1 aromatic carbocycles. The summed E-state index contributed by atoms with van der Waals surface area (Å²) in [4.78, 5) is 61.3. The van der Waals surface area contributed by atoms with E-state index >= 15 is 0 Å². The second kappa shape index (κ2) is 13.3. The first-order valence-corrected chi connectivity index (χ1v) is 11.0. The van der Waals surface area contributed by atoms with E-state index in [0.717, 1.165) is 0 Å². The molecule has 0 spiro atoms. The van der Waals surface area contributed by atoms with E-state index in [2.05, 4.69) is 16.0 Å². The average molecular weight is 481 g/mol. The number of amides is 4. The molecule has 0 radical (unpaired) electrons. The molecule has 0 aliphatic rings. The van der Waals surface area contributed by atoms with Gasteiger partial charge in [-0.3, -0.25) is 19.2 Å². The first-order chi connectivity index (χ1) is 15.8. The predicted octanol–water partition coefficient (Wildman–Crippen LogP) is 1.12. The van der Waals surface area contributed by atoms with Crippen molar-refractivity contribution in [2.75, 3.05) is 0 Å². The summed E-state index contributed by atoms with van der Waals surface area (Å²) in [7, 11) is 0. The number of nitrogens with two attached hydrogens (primary N) is 1. The molecule has 0 saturated carbocycles. The summed E-state index contributed by atoms with van der Waals surface area (Å²) in [6, 6.07) is 1.71. The molecule has 4 atom stereocenters. The summed E-state index contributed by atoms with van der Waals surface area (Å²) in [5.74, 6) is -4.84. The van der Waals surface area contributed by atoms with Gasteiger partial charge in [-0.15, -0.1) is 0 Å². The summed E-state index contributed by atoms with van der Waals surface area (Å²) in [5.41, 5.74) is 5.74. The number of nitrogens with one attached hydrogen (secondary N) is 3. The fourth-order valence-electron chi connectivity index (χ4n) is 3.30. The van der Waals surface area contributed by atoms with E-state index in [1.165, 1.54) is 18.2 Å². The summed E-state index contributed by atoms with van der Waals surface area (Å²) in [6.07, 6.45) is -0.922. The molecule has 188 valence electrons. The van der Waals surface area contributed by atoms with Crippen LogP contribution in [0.5, 0.6) is 0 Å². The Balaban J connectivity index is 3.02. The van der Waals surface area contributed by atoms with Crippen LogP contribution in [0.3, 0.4) is 0 Å². The first kappa shape index (κ1) is 28.5. The van der Waals surface area contributed by atoms with Crippen molar-refractivity contribution < 1.29 is 33.5 Å². The lowest BCUT2D eigenvalue weighted by Gasteiger charge is -2.26. The van der Waals surface area contributed by atoms with E-state index in [9.17, 15) is 28.4 Å². The van der Waals surface area contributed by atoms with Crippen LogP contribution in [-0.4, -0.2) is 52.8 Å². The third kappa shape index (κ3) is 9.16. The largest absolute Gasteiger partial charge is 0.465 e. The molecule has 34 heavy (non-hydrogen) atoms. The highest BCUT2D eigenvalue weighted by molar-refractivity contribution is 6.38. The zero-order valence-electron chi connectivity index (χ0n) is 19.8. The molecular weight excluding hydrogens is 447 g/mol. The molecular formula is C23H33FN4O6. The third-order valence-corrected chi connectivity index (χ3v) is 5.32. The van der Waals surface area contributed by atoms with Gasteiger partial charge >= 0.3 is 6.09 Å². The minimum absolute atomic E-state index is 0.0252. The van der Waals surface area contributed by atoms with E-state index in [1.54, 1.807) is 33.8 Å². The molecule has 0 heterocycles. The smallest absolute Gasteiger partial charge is 0.405 e. The van der Waals surface area contributed by atoms with Crippen molar-refractivity contribution in [3.63, 3.8) is 0 Å². The number of carbonyl (C=O) groups is 5. The summed E-state index contributed by atoms with van der Waals surface area (Å²) < 4.78 is 13.4. The highest BCUT2D eigenvalue weighted by Crippen LogP contribution is 2.12. The second-order valence-electron chi connectivity index (χ2n) is 8.63. The highest BCUT2D eigenvalue weighted by Gasteiger charge is 2.34. The molecule has 0 fully saturated rings. The van der Waals surface area contributed by atoms with E-state index in [0.29, 0.717) is 12.0 Å². The Morgan fingerprint density at radius 3 is 2.18 bits per heavy atom. The van der Waals surface area contributed by atoms with Gasteiger partial charge in [0.05, 0.1) is 6.04 Å². The maximum absolute atomic E-state index is 13.4. The molecule has 4 amide bonds. The molecule has 0 bridgehead atoms.